The van der Waals surface area contributed by atoms with E-state index in [1.54, 1.807) is 0 Å². The highest BCUT2D eigenvalue weighted by atomic mass is 15.2. The van der Waals surface area contributed by atoms with Crippen molar-refractivity contribution in [2.24, 2.45) is 0 Å². The summed E-state index contributed by atoms with van der Waals surface area (Å²) < 4.78 is 0. The fourth-order valence-corrected chi connectivity index (χ4v) is 4.30. The van der Waals surface area contributed by atoms with E-state index in [-0.39, 0.29) is 0 Å². The van der Waals surface area contributed by atoms with E-state index >= 15 is 0 Å². The highest BCUT2D eigenvalue weighted by Crippen LogP contribution is 2.36. The number of piperidine rings is 1. The number of rotatable bonds is 5. The molecule has 0 N–H and O–H groups in total. The molecule has 2 aromatic carbocycles. The molecule has 0 amide bonds. The van der Waals surface area contributed by atoms with Crippen molar-refractivity contribution in [1.82, 2.24) is 4.90 Å². The lowest BCUT2D eigenvalue weighted by molar-refractivity contribution is 0.0980. The van der Waals surface area contributed by atoms with Crippen LogP contribution in [0.5, 0.6) is 0 Å². The molecule has 1 fully saturated rings. The maximum Gasteiger partial charge on any atom is 0.108 e. The molecule has 1 aliphatic rings. The van der Waals surface area contributed by atoms with Crippen LogP contribution in [0.25, 0.3) is 0 Å². The van der Waals surface area contributed by atoms with Crippen molar-refractivity contribution >= 4 is 0 Å². The summed E-state index contributed by atoms with van der Waals surface area (Å²) in [5, 5.41) is 10.3. The smallest absolute Gasteiger partial charge is 0.108 e. The van der Waals surface area contributed by atoms with Crippen LogP contribution in [0, 0.1) is 11.3 Å². The summed E-state index contributed by atoms with van der Waals surface area (Å²) in [5.41, 5.74) is 1.61. The van der Waals surface area contributed by atoms with Gasteiger partial charge in [0.2, 0.25) is 0 Å². The third-order valence-corrected chi connectivity index (χ3v) is 5.85. The zero-order valence-electron chi connectivity index (χ0n) is 15.4. The minimum Gasteiger partial charge on any atom is -0.298 e. The summed E-state index contributed by atoms with van der Waals surface area (Å²) in [4.78, 5) is 2.60. The second-order valence-electron chi connectivity index (χ2n) is 7.37. The van der Waals surface area contributed by atoms with Crippen LogP contribution in [-0.4, -0.2) is 23.5 Å². The second kappa shape index (κ2) is 7.85. The van der Waals surface area contributed by atoms with Gasteiger partial charge < -0.3 is 0 Å². The van der Waals surface area contributed by atoms with Gasteiger partial charge in [-0.1, -0.05) is 67.1 Å². The molecule has 25 heavy (non-hydrogen) atoms. The first-order valence-corrected chi connectivity index (χ1v) is 9.45. The second-order valence-corrected chi connectivity index (χ2v) is 7.37. The Hall–Kier alpha value is -2.11. The Morgan fingerprint density at radius 3 is 1.84 bits per heavy atom. The first kappa shape index (κ1) is 17.7. The fourth-order valence-electron chi connectivity index (χ4n) is 4.30. The molecule has 1 saturated heterocycles. The first-order valence-electron chi connectivity index (χ1n) is 9.45. The molecule has 0 spiro atoms. The van der Waals surface area contributed by atoms with Crippen LogP contribution in [0.1, 0.15) is 50.7 Å². The highest BCUT2D eigenvalue weighted by Gasteiger charge is 2.36. The van der Waals surface area contributed by atoms with E-state index in [9.17, 15) is 5.26 Å². The lowest BCUT2D eigenvalue weighted by Crippen LogP contribution is -2.46. The van der Waals surface area contributed by atoms with Gasteiger partial charge in [-0.25, -0.2) is 0 Å². The normalized spacial score (nSPS) is 21.6. The van der Waals surface area contributed by atoms with Gasteiger partial charge in [-0.05, 0) is 44.2 Å². The maximum absolute atomic E-state index is 10.3. The summed E-state index contributed by atoms with van der Waals surface area (Å²) in [6, 6.07) is 24.5. The van der Waals surface area contributed by atoms with Crippen LogP contribution in [0.15, 0.2) is 60.7 Å². The zero-order chi connectivity index (χ0) is 17.7. The molecule has 0 bridgehead atoms. The van der Waals surface area contributed by atoms with Crippen LogP contribution in [-0.2, 0) is 5.41 Å². The molecule has 2 atom stereocenters. The predicted molar refractivity (Wildman–Crippen MR) is 103 cm³/mol. The number of benzene rings is 2. The van der Waals surface area contributed by atoms with Crippen molar-refractivity contribution in [3.8, 4) is 6.07 Å². The number of hydrogen-bond acceptors (Lipinski definition) is 2. The van der Waals surface area contributed by atoms with Gasteiger partial charge >= 0.3 is 0 Å². The van der Waals surface area contributed by atoms with Gasteiger partial charge in [-0.2, -0.15) is 5.26 Å². The van der Waals surface area contributed by atoms with Gasteiger partial charge in [0.05, 0.1) is 6.07 Å². The van der Waals surface area contributed by atoms with Crippen molar-refractivity contribution in [3.05, 3.63) is 71.8 Å². The molecule has 1 heterocycles. The van der Waals surface area contributed by atoms with E-state index in [4.69, 9.17) is 0 Å². The monoisotopic (exact) mass is 332 g/mol. The van der Waals surface area contributed by atoms with Crippen LogP contribution in [0.4, 0.5) is 0 Å². The van der Waals surface area contributed by atoms with Gasteiger partial charge in [0.25, 0.3) is 0 Å². The van der Waals surface area contributed by atoms with Crippen molar-refractivity contribution in [2.75, 3.05) is 6.54 Å². The molecule has 0 saturated carbocycles. The Morgan fingerprint density at radius 2 is 1.40 bits per heavy atom. The van der Waals surface area contributed by atoms with Crippen LogP contribution in [0.3, 0.4) is 0 Å². The summed E-state index contributed by atoms with van der Waals surface area (Å²) >= 11 is 0. The molecule has 0 radical (unpaired) electrons. The van der Waals surface area contributed by atoms with E-state index in [1.165, 1.54) is 19.3 Å². The van der Waals surface area contributed by atoms with E-state index in [1.807, 2.05) is 36.4 Å². The zero-order valence-corrected chi connectivity index (χ0v) is 15.4. The maximum atomic E-state index is 10.3. The third-order valence-electron chi connectivity index (χ3n) is 5.85. The standard InChI is InChI=1S/C23H28N2/c1-19-10-9-11-20(2)25(19)17-16-23(18-24,21-12-5-3-6-13-21)22-14-7-4-8-15-22/h3-8,12-15,19-20H,9-11,16-17H2,1-2H3. The number of likely N-dealkylation sites (tertiary alicyclic amines) is 1. The number of hydrogen-bond donors (Lipinski definition) is 0. The fraction of sp³-hybridized carbons (Fsp3) is 0.435. The largest absolute Gasteiger partial charge is 0.298 e. The van der Waals surface area contributed by atoms with Crippen molar-refractivity contribution in [3.63, 3.8) is 0 Å². The van der Waals surface area contributed by atoms with Gasteiger partial charge in [-0.15, -0.1) is 0 Å². The van der Waals surface area contributed by atoms with Gasteiger partial charge in [0.1, 0.15) is 5.41 Å². The SMILES string of the molecule is CC1CCCC(C)N1CCC(C#N)(c1ccccc1)c1ccccc1. The van der Waals surface area contributed by atoms with Crippen molar-refractivity contribution in [2.45, 2.75) is 57.0 Å². The van der Waals surface area contributed by atoms with Crippen LogP contribution in [0.2, 0.25) is 0 Å². The van der Waals surface area contributed by atoms with E-state index in [2.05, 4.69) is 49.1 Å². The minimum absolute atomic E-state index is 0.584. The molecule has 2 unspecified atom stereocenters. The predicted octanol–water partition coefficient (Wildman–Crippen LogP) is 5.15. The average molecular weight is 332 g/mol. The number of nitrogens with zero attached hydrogens (tertiary/aromatic N) is 2. The molecule has 2 heteroatoms. The average Bonchev–Trinajstić information content (AvgIpc) is 2.66. The summed E-state index contributed by atoms with van der Waals surface area (Å²) in [5.74, 6) is 0. The van der Waals surface area contributed by atoms with Gasteiger partial charge in [-0.3, -0.25) is 4.90 Å². The number of nitriles is 1. The van der Waals surface area contributed by atoms with Crippen LogP contribution >= 0.6 is 0 Å². The molecule has 0 aliphatic carbocycles. The van der Waals surface area contributed by atoms with E-state index in [0.29, 0.717) is 12.1 Å². The summed E-state index contributed by atoms with van der Waals surface area (Å²) in [6.07, 6.45) is 4.67. The summed E-state index contributed by atoms with van der Waals surface area (Å²) in [7, 11) is 0. The first-order chi connectivity index (χ1) is 12.2. The Morgan fingerprint density at radius 1 is 0.920 bits per heavy atom. The minimum atomic E-state index is -0.584. The lowest BCUT2D eigenvalue weighted by Gasteiger charge is -2.41. The highest BCUT2D eigenvalue weighted by molar-refractivity contribution is 5.45. The Bertz CT molecular complexity index is 652. The van der Waals surface area contributed by atoms with E-state index in [0.717, 1.165) is 24.1 Å². The summed E-state index contributed by atoms with van der Waals surface area (Å²) in [6.45, 7) is 5.61. The molecular weight excluding hydrogens is 304 g/mol. The molecule has 0 aromatic heterocycles. The Labute approximate surface area is 152 Å². The van der Waals surface area contributed by atoms with Crippen molar-refractivity contribution in [1.29, 1.82) is 5.26 Å². The molecule has 2 nitrogen and oxygen atoms in total. The molecule has 3 rings (SSSR count). The molecular formula is C23H28N2. The quantitative estimate of drug-likeness (QED) is 0.757. The van der Waals surface area contributed by atoms with Crippen molar-refractivity contribution < 1.29 is 0 Å². The van der Waals surface area contributed by atoms with E-state index < -0.39 is 5.41 Å². The van der Waals surface area contributed by atoms with Gasteiger partial charge in [0, 0.05) is 18.6 Å². The topological polar surface area (TPSA) is 27.0 Å². The Balaban J connectivity index is 1.93. The molecule has 2 aromatic rings. The molecule has 1 aliphatic heterocycles. The third kappa shape index (κ3) is 3.62. The Kier molecular flexibility index (Phi) is 5.56. The van der Waals surface area contributed by atoms with Gasteiger partial charge in [0.15, 0.2) is 0 Å². The van der Waals surface area contributed by atoms with Crippen LogP contribution < -0.4 is 0 Å². The molecule has 130 valence electrons. The lowest BCUT2D eigenvalue weighted by atomic mass is 9.73.